The Morgan fingerprint density at radius 2 is 1.38 bits per heavy atom. The van der Waals surface area contributed by atoms with Gasteiger partial charge in [-0.1, -0.05) is 18.2 Å². The molecule has 0 saturated carbocycles. The van der Waals surface area contributed by atoms with Crippen molar-refractivity contribution < 1.29 is 45.6 Å². The maximum absolute atomic E-state index is 13.1. The molecule has 0 heterocycles. The molecule has 0 spiro atoms. The summed E-state index contributed by atoms with van der Waals surface area (Å²) in [6.45, 7) is 0. The zero-order valence-electron chi connectivity index (χ0n) is 20.4. The van der Waals surface area contributed by atoms with E-state index in [1.54, 1.807) is 24.3 Å². The van der Waals surface area contributed by atoms with Crippen molar-refractivity contribution in [3.05, 3.63) is 70.8 Å². The maximum atomic E-state index is 13.1. The zero-order chi connectivity index (χ0) is 27.4. The van der Waals surface area contributed by atoms with Crippen molar-refractivity contribution in [1.82, 2.24) is 0 Å². The molecule has 3 rings (SSSR count). The Morgan fingerprint density at radius 3 is 1.86 bits per heavy atom. The fourth-order valence-corrected chi connectivity index (χ4v) is 5.07. The summed E-state index contributed by atoms with van der Waals surface area (Å²) in [4.78, 5) is -0.301. The second-order valence-corrected chi connectivity index (χ2v) is 9.75. The molecule has 0 atom stereocenters. The Morgan fingerprint density at radius 1 is 0.811 bits per heavy atom. The molecular weight excluding hydrogens is 513 g/mol. The highest BCUT2D eigenvalue weighted by Crippen LogP contribution is 2.40. The van der Waals surface area contributed by atoms with Gasteiger partial charge < -0.3 is 24.1 Å². The first-order chi connectivity index (χ1) is 17.4. The third kappa shape index (κ3) is 6.11. The molecule has 0 amide bonds. The molecule has 37 heavy (non-hydrogen) atoms. The molecule has 198 valence electrons. The molecule has 1 N–H and O–H groups in total. The highest BCUT2D eigenvalue weighted by Gasteiger charge is 2.31. The van der Waals surface area contributed by atoms with Gasteiger partial charge in [-0.3, -0.25) is 0 Å². The van der Waals surface area contributed by atoms with Gasteiger partial charge in [-0.15, -0.1) is 0 Å². The zero-order valence-corrected chi connectivity index (χ0v) is 21.2. The van der Waals surface area contributed by atoms with Crippen LogP contribution in [0, 0.1) is 0 Å². The van der Waals surface area contributed by atoms with E-state index in [1.165, 1.54) is 40.6 Å². The Balaban J connectivity index is 2.04. The molecule has 0 saturated heterocycles. The smallest absolute Gasteiger partial charge is 0.416 e. The van der Waals surface area contributed by atoms with Crippen LogP contribution in [0.3, 0.4) is 0 Å². The van der Waals surface area contributed by atoms with E-state index >= 15 is 0 Å². The van der Waals surface area contributed by atoms with Crippen molar-refractivity contribution in [2.75, 3.05) is 28.4 Å². The molecule has 0 bridgehead atoms. The van der Waals surface area contributed by atoms with Gasteiger partial charge in [0.05, 0.1) is 44.7 Å². The minimum absolute atomic E-state index is 0.0671. The number of methoxy groups -OCH3 is 4. The van der Waals surface area contributed by atoms with Crippen LogP contribution in [0.5, 0.6) is 28.7 Å². The summed E-state index contributed by atoms with van der Waals surface area (Å²) in [6, 6.07) is 9.45. The second-order valence-electron chi connectivity index (χ2n) is 7.76. The van der Waals surface area contributed by atoms with Crippen LogP contribution in [-0.2, 0) is 21.8 Å². The summed E-state index contributed by atoms with van der Waals surface area (Å²) in [7, 11) is 1.58. The number of aromatic hydroxyl groups is 1. The van der Waals surface area contributed by atoms with Crippen LogP contribution in [0.1, 0.15) is 22.3 Å². The van der Waals surface area contributed by atoms with Gasteiger partial charge in [0.15, 0.2) is 32.8 Å². The maximum Gasteiger partial charge on any atom is 0.416 e. The number of ether oxygens (including phenoxy) is 4. The molecule has 0 radical (unpaired) electrons. The molecule has 3 aromatic rings. The highest BCUT2D eigenvalue weighted by atomic mass is 32.2. The average molecular weight is 539 g/mol. The third-order valence-corrected chi connectivity index (χ3v) is 7.16. The molecule has 11 heteroatoms. The monoisotopic (exact) mass is 538 g/mol. The van der Waals surface area contributed by atoms with Gasteiger partial charge in [0.1, 0.15) is 0 Å². The van der Waals surface area contributed by atoms with E-state index in [-0.39, 0.29) is 22.0 Å². The summed E-state index contributed by atoms with van der Waals surface area (Å²) in [5, 5.41) is 10.3. The van der Waals surface area contributed by atoms with Crippen LogP contribution >= 0.6 is 0 Å². The summed E-state index contributed by atoms with van der Waals surface area (Å²) in [5.41, 5.74) is 0.207. The number of benzene rings is 3. The van der Waals surface area contributed by atoms with Crippen LogP contribution in [0.15, 0.2) is 53.4 Å². The minimum atomic E-state index is -4.60. The Hall–Kier alpha value is -3.86. The SMILES string of the molecule is COc1cc(/C=C\c2ccc(O)c(OC)c2CS(=O)(=O)c2ccc(C(F)(F)F)cc2)cc(OC)c1OC. The van der Waals surface area contributed by atoms with Crippen molar-refractivity contribution >= 4 is 22.0 Å². The first kappa shape index (κ1) is 27.7. The fourth-order valence-electron chi connectivity index (χ4n) is 3.67. The number of hydrogen-bond acceptors (Lipinski definition) is 7. The van der Waals surface area contributed by atoms with Crippen LogP contribution in [0.4, 0.5) is 13.2 Å². The van der Waals surface area contributed by atoms with E-state index in [4.69, 9.17) is 18.9 Å². The van der Waals surface area contributed by atoms with Crippen molar-refractivity contribution in [2.24, 2.45) is 0 Å². The lowest BCUT2D eigenvalue weighted by molar-refractivity contribution is -0.137. The van der Waals surface area contributed by atoms with E-state index < -0.39 is 27.3 Å². The summed E-state index contributed by atoms with van der Waals surface area (Å²) >= 11 is 0. The predicted octanol–water partition coefficient (Wildman–Crippen LogP) is 5.59. The quantitative estimate of drug-likeness (QED) is 0.355. The van der Waals surface area contributed by atoms with Crippen LogP contribution in [0.25, 0.3) is 12.2 Å². The first-order valence-corrected chi connectivity index (χ1v) is 12.4. The number of rotatable bonds is 9. The standard InChI is InChI=1S/C26H25F3O7S/c1-33-22-13-16(14-23(34-2)25(22)36-4)5-6-17-7-12-21(30)24(35-3)20(17)15-37(31,32)19-10-8-18(9-11-19)26(27,28)29/h5-14,30H,15H2,1-4H3/b6-5-. The molecular formula is C26H25F3O7S. The third-order valence-electron chi connectivity index (χ3n) is 5.50. The summed E-state index contributed by atoms with van der Waals surface area (Å²) in [5.74, 6) is 0.236. The van der Waals surface area contributed by atoms with Gasteiger partial charge in [0, 0.05) is 5.56 Å². The van der Waals surface area contributed by atoms with Gasteiger partial charge in [-0.05, 0) is 53.6 Å². The Kier molecular flexibility index (Phi) is 8.27. The van der Waals surface area contributed by atoms with Gasteiger partial charge >= 0.3 is 6.18 Å². The molecule has 7 nitrogen and oxygen atoms in total. The number of alkyl halides is 3. The van der Waals surface area contributed by atoms with Crippen LogP contribution < -0.4 is 18.9 Å². The minimum Gasteiger partial charge on any atom is -0.504 e. The molecule has 0 aliphatic carbocycles. The summed E-state index contributed by atoms with van der Waals surface area (Å²) < 4.78 is 86.2. The first-order valence-electron chi connectivity index (χ1n) is 10.7. The fraction of sp³-hybridized carbons (Fsp3) is 0.231. The Labute approximate surface area is 212 Å². The lowest BCUT2D eigenvalue weighted by Gasteiger charge is -2.15. The summed E-state index contributed by atoms with van der Waals surface area (Å²) in [6.07, 6.45) is -1.31. The molecule has 3 aromatic carbocycles. The lowest BCUT2D eigenvalue weighted by atomic mass is 10.0. The Bertz CT molecular complexity index is 1370. The van der Waals surface area contributed by atoms with Crippen molar-refractivity contribution in [1.29, 1.82) is 0 Å². The van der Waals surface area contributed by atoms with Crippen molar-refractivity contribution in [3.63, 3.8) is 0 Å². The number of sulfone groups is 1. The highest BCUT2D eigenvalue weighted by molar-refractivity contribution is 7.90. The van der Waals surface area contributed by atoms with Gasteiger partial charge in [-0.2, -0.15) is 13.2 Å². The number of halogens is 3. The van der Waals surface area contributed by atoms with Crippen LogP contribution in [0.2, 0.25) is 0 Å². The van der Waals surface area contributed by atoms with E-state index in [9.17, 15) is 26.7 Å². The van der Waals surface area contributed by atoms with E-state index in [0.717, 1.165) is 12.1 Å². The predicted molar refractivity (Wildman–Crippen MR) is 132 cm³/mol. The average Bonchev–Trinajstić information content (AvgIpc) is 2.87. The normalized spacial score (nSPS) is 12.0. The van der Waals surface area contributed by atoms with Gasteiger partial charge in [-0.25, -0.2) is 8.42 Å². The number of hydrogen-bond donors (Lipinski definition) is 1. The van der Waals surface area contributed by atoms with Crippen molar-refractivity contribution in [3.8, 4) is 28.7 Å². The molecule has 0 fully saturated rings. The molecule has 0 aliphatic heterocycles. The lowest BCUT2D eigenvalue weighted by Crippen LogP contribution is -2.09. The van der Waals surface area contributed by atoms with E-state index in [2.05, 4.69) is 0 Å². The van der Waals surface area contributed by atoms with Gasteiger partial charge in [0.25, 0.3) is 0 Å². The van der Waals surface area contributed by atoms with Crippen LogP contribution in [-0.4, -0.2) is 42.0 Å². The molecule has 0 unspecified atom stereocenters. The van der Waals surface area contributed by atoms with Gasteiger partial charge in [0.2, 0.25) is 5.75 Å². The van der Waals surface area contributed by atoms with E-state index in [1.807, 2.05) is 0 Å². The molecule has 0 aliphatic rings. The largest absolute Gasteiger partial charge is 0.504 e. The number of phenolic OH excluding ortho intramolecular Hbond substituents is 1. The van der Waals surface area contributed by atoms with Crippen molar-refractivity contribution in [2.45, 2.75) is 16.8 Å². The second kappa shape index (κ2) is 11.0. The topological polar surface area (TPSA) is 91.3 Å². The van der Waals surface area contributed by atoms with E-state index in [0.29, 0.717) is 40.5 Å². The molecule has 0 aromatic heterocycles. The number of phenols is 1.